The van der Waals surface area contributed by atoms with Crippen LogP contribution in [0.15, 0.2) is 24.3 Å². The van der Waals surface area contributed by atoms with Crippen molar-refractivity contribution in [3.05, 3.63) is 29.8 Å². The van der Waals surface area contributed by atoms with Crippen LogP contribution in [0.5, 0.6) is 5.75 Å². The van der Waals surface area contributed by atoms with Crippen LogP contribution in [0.4, 0.5) is 0 Å². The van der Waals surface area contributed by atoms with Crippen LogP contribution in [0.2, 0.25) is 0 Å². The minimum Gasteiger partial charge on any atom is -0.494 e. The molecule has 0 N–H and O–H groups in total. The summed E-state index contributed by atoms with van der Waals surface area (Å²) < 4.78 is 28.0. The largest absolute Gasteiger partial charge is 0.494 e. The molecular formula is C15H20ClNO4S. The first-order valence-electron chi connectivity index (χ1n) is 7.25. The molecule has 1 fully saturated rings. The second-order valence-electron chi connectivity index (χ2n) is 5.47. The summed E-state index contributed by atoms with van der Waals surface area (Å²) in [5.74, 6) is 0.274. The second kappa shape index (κ2) is 6.87. The van der Waals surface area contributed by atoms with Gasteiger partial charge in [0.15, 0.2) is 0 Å². The summed E-state index contributed by atoms with van der Waals surface area (Å²) >= 11 is 0. The summed E-state index contributed by atoms with van der Waals surface area (Å²) in [6, 6.07) is 7.41. The Balaban J connectivity index is 2.16. The SMILES string of the molecule is CCOc1ccccc1C(C)N1CC(CS(=O)(=O)Cl)CC1=O. The van der Waals surface area contributed by atoms with Crippen molar-refractivity contribution >= 4 is 25.6 Å². The molecule has 122 valence electrons. The molecule has 1 amide bonds. The fraction of sp³-hybridized carbons (Fsp3) is 0.533. The standard InChI is InChI=1S/C15H20ClNO4S/c1-3-21-14-7-5-4-6-13(14)11(2)17-9-12(8-15(17)18)10-22(16,19)20/h4-7,11-12H,3,8-10H2,1-2H3. The van der Waals surface area contributed by atoms with Crippen LogP contribution in [0.25, 0.3) is 0 Å². The molecule has 0 bridgehead atoms. The molecule has 0 saturated carbocycles. The first-order chi connectivity index (χ1) is 10.3. The molecule has 7 heteroatoms. The Morgan fingerprint density at radius 1 is 1.41 bits per heavy atom. The van der Waals surface area contributed by atoms with Crippen LogP contribution in [-0.2, 0) is 13.8 Å². The van der Waals surface area contributed by atoms with E-state index in [1.165, 1.54) is 0 Å². The number of halogens is 1. The van der Waals surface area contributed by atoms with Crippen molar-refractivity contribution in [2.75, 3.05) is 18.9 Å². The molecule has 1 aromatic carbocycles. The molecule has 2 unspecified atom stereocenters. The summed E-state index contributed by atoms with van der Waals surface area (Å²) in [7, 11) is 1.70. The van der Waals surface area contributed by atoms with E-state index in [1.807, 2.05) is 38.1 Å². The number of likely N-dealkylation sites (tertiary alicyclic amines) is 1. The Kier molecular flexibility index (Phi) is 5.34. The number of nitrogens with zero attached hydrogens (tertiary/aromatic N) is 1. The fourth-order valence-electron chi connectivity index (χ4n) is 2.86. The fourth-order valence-corrected chi connectivity index (χ4v) is 4.18. The van der Waals surface area contributed by atoms with E-state index < -0.39 is 9.05 Å². The number of hydrogen-bond acceptors (Lipinski definition) is 4. The van der Waals surface area contributed by atoms with Crippen molar-refractivity contribution in [1.82, 2.24) is 4.90 Å². The topological polar surface area (TPSA) is 63.7 Å². The summed E-state index contributed by atoms with van der Waals surface area (Å²) in [6.07, 6.45) is 0.215. The summed E-state index contributed by atoms with van der Waals surface area (Å²) in [5, 5.41) is 0. The average Bonchev–Trinajstić information content (AvgIpc) is 2.77. The lowest BCUT2D eigenvalue weighted by Gasteiger charge is -2.26. The molecule has 2 atom stereocenters. The minimum atomic E-state index is -3.59. The third-order valence-corrected chi connectivity index (χ3v) is 5.06. The smallest absolute Gasteiger partial charge is 0.232 e. The lowest BCUT2D eigenvalue weighted by molar-refractivity contribution is -0.129. The number of carbonyl (C=O) groups is 1. The summed E-state index contributed by atoms with van der Waals surface area (Å²) in [6.45, 7) is 4.77. The Bertz CT molecular complexity index is 647. The van der Waals surface area contributed by atoms with Gasteiger partial charge < -0.3 is 9.64 Å². The molecule has 2 rings (SSSR count). The van der Waals surface area contributed by atoms with Crippen LogP contribution in [0.3, 0.4) is 0 Å². The van der Waals surface area contributed by atoms with E-state index in [9.17, 15) is 13.2 Å². The highest BCUT2D eigenvalue weighted by atomic mass is 35.7. The van der Waals surface area contributed by atoms with E-state index in [0.29, 0.717) is 13.2 Å². The predicted molar refractivity (Wildman–Crippen MR) is 85.5 cm³/mol. The van der Waals surface area contributed by atoms with Crippen LogP contribution in [0, 0.1) is 5.92 Å². The van der Waals surface area contributed by atoms with Gasteiger partial charge in [-0.15, -0.1) is 0 Å². The van der Waals surface area contributed by atoms with Crippen molar-refractivity contribution in [3.63, 3.8) is 0 Å². The highest BCUT2D eigenvalue weighted by Gasteiger charge is 2.35. The van der Waals surface area contributed by atoms with Gasteiger partial charge in [0.25, 0.3) is 0 Å². The van der Waals surface area contributed by atoms with Crippen LogP contribution in [0.1, 0.15) is 31.9 Å². The number of carbonyl (C=O) groups excluding carboxylic acids is 1. The van der Waals surface area contributed by atoms with Gasteiger partial charge in [0.2, 0.25) is 15.0 Å². The van der Waals surface area contributed by atoms with Crippen LogP contribution in [-0.4, -0.2) is 38.1 Å². The first kappa shape index (κ1) is 17.1. The van der Waals surface area contributed by atoms with Crippen molar-refractivity contribution in [2.24, 2.45) is 5.92 Å². The monoisotopic (exact) mass is 345 g/mol. The van der Waals surface area contributed by atoms with Crippen molar-refractivity contribution < 1.29 is 17.9 Å². The van der Waals surface area contributed by atoms with Gasteiger partial charge >= 0.3 is 0 Å². The zero-order valence-electron chi connectivity index (χ0n) is 12.7. The molecule has 1 saturated heterocycles. The third-order valence-electron chi connectivity index (χ3n) is 3.81. The molecule has 1 heterocycles. The maximum Gasteiger partial charge on any atom is 0.232 e. The zero-order chi connectivity index (χ0) is 16.3. The number of hydrogen-bond donors (Lipinski definition) is 0. The zero-order valence-corrected chi connectivity index (χ0v) is 14.2. The molecule has 0 aliphatic carbocycles. The van der Waals surface area contributed by atoms with Crippen molar-refractivity contribution in [2.45, 2.75) is 26.3 Å². The molecule has 5 nitrogen and oxygen atoms in total. The predicted octanol–water partition coefficient (Wildman–Crippen LogP) is 2.56. The number of para-hydroxylation sites is 1. The van der Waals surface area contributed by atoms with Gasteiger partial charge in [-0.3, -0.25) is 4.79 Å². The van der Waals surface area contributed by atoms with Crippen molar-refractivity contribution in [1.29, 1.82) is 0 Å². The van der Waals surface area contributed by atoms with E-state index in [2.05, 4.69) is 0 Å². The molecule has 1 aliphatic rings. The molecule has 0 radical (unpaired) electrons. The number of benzene rings is 1. The molecule has 1 aromatic rings. The maximum absolute atomic E-state index is 12.2. The normalized spacial score (nSPS) is 20.2. The Hall–Kier alpha value is -1.27. The second-order valence-corrected chi connectivity index (χ2v) is 8.29. The first-order valence-corrected chi connectivity index (χ1v) is 9.73. The molecule has 0 aromatic heterocycles. The molecule has 0 spiro atoms. The van der Waals surface area contributed by atoms with Gasteiger partial charge in [0, 0.05) is 35.1 Å². The number of rotatable bonds is 6. The van der Waals surface area contributed by atoms with Gasteiger partial charge in [0.1, 0.15) is 5.75 Å². The third kappa shape index (κ3) is 4.14. The lowest BCUT2D eigenvalue weighted by Crippen LogP contribution is -2.29. The van der Waals surface area contributed by atoms with E-state index in [4.69, 9.17) is 15.4 Å². The van der Waals surface area contributed by atoms with Crippen molar-refractivity contribution in [3.8, 4) is 5.75 Å². The van der Waals surface area contributed by atoms with Gasteiger partial charge in [-0.25, -0.2) is 8.42 Å². The Morgan fingerprint density at radius 3 is 2.73 bits per heavy atom. The van der Waals surface area contributed by atoms with E-state index in [-0.39, 0.29) is 30.0 Å². The van der Waals surface area contributed by atoms with Crippen LogP contribution >= 0.6 is 10.7 Å². The lowest BCUT2D eigenvalue weighted by atomic mass is 10.1. The van der Waals surface area contributed by atoms with Gasteiger partial charge in [-0.1, -0.05) is 18.2 Å². The maximum atomic E-state index is 12.2. The molecule has 1 aliphatic heterocycles. The van der Waals surface area contributed by atoms with Crippen LogP contribution < -0.4 is 4.74 Å². The highest BCUT2D eigenvalue weighted by molar-refractivity contribution is 8.13. The van der Waals surface area contributed by atoms with E-state index >= 15 is 0 Å². The summed E-state index contributed by atoms with van der Waals surface area (Å²) in [5.41, 5.74) is 0.923. The quantitative estimate of drug-likeness (QED) is 0.743. The van der Waals surface area contributed by atoms with E-state index in [1.54, 1.807) is 4.90 Å². The van der Waals surface area contributed by atoms with Gasteiger partial charge in [-0.2, -0.15) is 0 Å². The van der Waals surface area contributed by atoms with Gasteiger partial charge in [-0.05, 0) is 19.9 Å². The number of amides is 1. The average molecular weight is 346 g/mol. The minimum absolute atomic E-state index is 0.0517. The Labute approximate surface area is 135 Å². The number of ether oxygens (including phenoxy) is 1. The molecular weight excluding hydrogens is 326 g/mol. The van der Waals surface area contributed by atoms with E-state index in [0.717, 1.165) is 11.3 Å². The molecule has 22 heavy (non-hydrogen) atoms. The highest BCUT2D eigenvalue weighted by Crippen LogP contribution is 2.33. The Morgan fingerprint density at radius 2 is 2.09 bits per heavy atom. The van der Waals surface area contributed by atoms with Gasteiger partial charge in [0.05, 0.1) is 18.4 Å². The summed E-state index contributed by atoms with van der Waals surface area (Å²) in [4.78, 5) is 13.9.